The molecule has 7 nitrogen and oxygen atoms in total. The third-order valence-corrected chi connectivity index (χ3v) is 5.09. The Hall–Kier alpha value is -3.35. The van der Waals surface area contributed by atoms with Crippen LogP contribution in [0.5, 0.6) is 0 Å². The first kappa shape index (κ1) is 19.0. The fraction of sp³-hybridized carbons (Fsp3) is 0.318. The van der Waals surface area contributed by atoms with Crippen LogP contribution in [-0.4, -0.2) is 23.1 Å². The Balaban J connectivity index is 1.86. The molecular weight excluding hydrogens is 366 g/mol. The van der Waals surface area contributed by atoms with E-state index in [-0.39, 0.29) is 17.8 Å². The molecule has 0 aliphatic carbocycles. The third kappa shape index (κ3) is 3.22. The molecule has 4 rings (SSSR count). The number of fused-ring (bicyclic) bond motifs is 3. The van der Waals surface area contributed by atoms with E-state index in [1.165, 1.54) is 9.13 Å². The fourth-order valence-corrected chi connectivity index (χ4v) is 3.67. The van der Waals surface area contributed by atoms with Gasteiger partial charge < -0.3 is 4.57 Å². The maximum atomic E-state index is 13.2. The number of aryl methyl sites for hydroxylation is 2. The second kappa shape index (κ2) is 7.24. The molecule has 29 heavy (non-hydrogen) atoms. The highest BCUT2D eigenvalue weighted by Crippen LogP contribution is 2.17. The minimum atomic E-state index is -0.368. The van der Waals surface area contributed by atoms with E-state index >= 15 is 0 Å². The molecule has 0 bridgehead atoms. The van der Waals surface area contributed by atoms with E-state index < -0.39 is 0 Å². The van der Waals surface area contributed by atoms with Crippen molar-refractivity contribution in [3.05, 3.63) is 74.7 Å². The van der Waals surface area contributed by atoms with E-state index in [0.717, 1.165) is 17.8 Å². The van der Waals surface area contributed by atoms with Crippen LogP contribution in [0.15, 0.2) is 52.2 Å². The van der Waals surface area contributed by atoms with Crippen molar-refractivity contribution in [1.82, 2.24) is 23.1 Å². The van der Waals surface area contributed by atoms with Gasteiger partial charge in [0.05, 0.1) is 0 Å². The second-order valence-electron chi connectivity index (χ2n) is 7.80. The molecule has 0 atom stereocenters. The second-order valence-corrected chi connectivity index (χ2v) is 7.80. The number of nitrogens with zero attached hydrogens (tertiary/aromatic N) is 5. The lowest BCUT2D eigenvalue weighted by molar-refractivity contribution is 0.524. The van der Waals surface area contributed by atoms with E-state index in [4.69, 9.17) is 0 Å². The Kier molecular flexibility index (Phi) is 4.74. The molecule has 0 aliphatic rings. The number of hydrogen-bond acceptors (Lipinski definition) is 3. The lowest BCUT2D eigenvalue weighted by Gasteiger charge is -2.08. The highest BCUT2D eigenvalue weighted by atomic mass is 16.2. The van der Waals surface area contributed by atoms with Crippen molar-refractivity contribution in [3.63, 3.8) is 0 Å². The summed E-state index contributed by atoms with van der Waals surface area (Å²) < 4.78 is 6.61. The number of rotatable bonds is 5. The van der Waals surface area contributed by atoms with Crippen LogP contribution < -0.4 is 11.2 Å². The summed E-state index contributed by atoms with van der Waals surface area (Å²) in [5, 5.41) is 0. The van der Waals surface area contributed by atoms with Crippen molar-refractivity contribution < 1.29 is 0 Å². The van der Waals surface area contributed by atoms with Crippen molar-refractivity contribution in [2.75, 3.05) is 0 Å². The quantitative estimate of drug-likeness (QED) is 0.525. The molecule has 3 aromatic heterocycles. The molecule has 0 radical (unpaired) electrons. The van der Waals surface area contributed by atoms with Gasteiger partial charge in [-0.15, -0.1) is 0 Å². The Morgan fingerprint density at radius 1 is 1.10 bits per heavy atom. The van der Waals surface area contributed by atoms with E-state index in [9.17, 15) is 9.59 Å². The molecule has 0 unspecified atom stereocenters. The van der Waals surface area contributed by atoms with Gasteiger partial charge in [0.15, 0.2) is 11.2 Å². The first-order valence-corrected chi connectivity index (χ1v) is 9.77. The Labute approximate surface area is 168 Å². The van der Waals surface area contributed by atoms with Gasteiger partial charge in [-0.2, -0.15) is 4.98 Å². The van der Waals surface area contributed by atoms with Crippen molar-refractivity contribution >= 4 is 23.0 Å². The third-order valence-electron chi connectivity index (χ3n) is 5.09. The smallest absolute Gasteiger partial charge is 0.314 e. The van der Waals surface area contributed by atoms with Crippen LogP contribution in [0, 0.1) is 12.8 Å². The summed E-state index contributed by atoms with van der Waals surface area (Å²) in [4.78, 5) is 30.7. The van der Waals surface area contributed by atoms with Crippen LogP contribution >= 0.6 is 0 Å². The molecule has 0 N–H and O–H groups in total. The monoisotopic (exact) mass is 391 g/mol. The summed E-state index contributed by atoms with van der Waals surface area (Å²) in [6.45, 7) is 7.29. The molecule has 1 aromatic carbocycles. The lowest BCUT2D eigenvalue weighted by atomic mass is 10.2. The van der Waals surface area contributed by atoms with Crippen LogP contribution in [0.1, 0.15) is 25.1 Å². The molecular formula is C22H25N5O2. The van der Waals surface area contributed by atoms with Gasteiger partial charge in [0, 0.05) is 32.0 Å². The normalized spacial score (nSPS) is 12.2. The number of benzene rings is 1. The molecule has 0 saturated carbocycles. The van der Waals surface area contributed by atoms with Gasteiger partial charge >= 0.3 is 5.69 Å². The van der Waals surface area contributed by atoms with E-state index in [0.29, 0.717) is 22.9 Å². The van der Waals surface area contributed by atoms with Gasteiger partial charge in [-0.25, -0.2) is 4.79 Å². The number of aromatic nitrogens is 5. The van der Waals surface area contributed by atoms with Crippen LogP contribution in [0.2, 0.25) is 0 Å². The average Bonchev–Trinajstić information content (AvgIpc) is 3.20. The Bertz CT molecular complexity index is 1330. The van der Waals surface area contributed by atoms with Crippen LogP contribution in [-0.2, 0) is 20.1 Å². The minimum absolute atomic E-state index is 0.204. The van der Waals surface area contributed by atoms with E-state index in [1.54, 1.807) is 7.05 Å². The van der Waals surface area contributed by atoms with Gasteiger partial charge in [-0.05, 0) is 18.4 Å². The summed E-state index contributed by atoms with van der Waals surface area (Å²) in [5.74, 6) is 1.13. The standard InChI is InChI=1S/C22H25N5O2/c1-15(2)13-26-16(3)14-27-18-19(23-21(26)27)24(4)22(29)25(20(18)28)12-8-11-17-9-6-5-7-10-17/h5-11,14-15H,12-13H2,1-4H3/b11-8-. The topological polar surface area (TPSA) is 66.2 Å². The molecule has 0 amide bonds. The van der Waals surface area contributed by atoms with Gasteiger partial charge in [0.25, 0.3) is 5.56 Å². The summed E-state index contributed by atoms with van der Waals surface area (Å²) in [7, 11) is 1.66. The zero-order chi connectivity index (χ0) is 20.7. The Morgan fingerprint density at radius 3 is 2.52 bits per heavy atom. The van der Waals surface area contributed by atoms with Gasteiger partial charge in [0.2, 0.25) is 5.78 Å². The van der Waals surface area contributed by atoms with Gasteiger partial charge in [0.1, 0.15) is 0 Å². The summed E-state index contributed by atoms with van der Waals surface area (Å²) in [6.07, 6.45) is 5.66. The zero-order valence-corrected chi connectivity index (χ0v) is 17.2. The summed E-state index contributed by atoms with van der Waals surface area (Å²) in [6, 6.07) is 9.79. The number of imidazole rings is 2. The predicted molar refractivity (Wildman–Crippen MR) is 115 cm³/mol. The van der Waals surface area contributed by atoms with E-state index in [1.807, 2.05) is 60.0 Å². The Morgan fingerprint density at radius 2 is 1.83 bits per heavy atom. The molecule has 3 heterocycles. The summed E-state index contributed by atoms with van der Waals surface area (Å²) >= 11 is 0. The first-order chi connectivity index (χ1) is 13.9. The van der Waals surface area contributed by atoms with E-state index in [2.05, 4.69) is 23.4 Å². The molecule has 7 heteroatoms. The molecule has 0 saturated heterocycles. The van der Waals surface area contributed by atoms with Crippen molar-refractivity contribution in [1.29, 1.82) is 0 Å². The number of allylic oxidation sites excluding steroid dienone is 1. The molecule has 4 aromatic rings. The maximum Gasteiger partial charge on any atom is 0.332 e. The number of hydrogen-bond donors (Lipinski definition) is 0. The molecule has 0 aliphatic heterocycles. The molecule has 0 fully saturated rings. The van der Waals surface area contributed by atoms with Crippen molar-refractivity contribution in [2.45, 2.75) is 33.9 Å². The minimum Gasteiger partial charge on any atom is -0.314 e. The van der Waals surface area contributed by atoms with Gasteiger partial charge in [-0.1, -0.05) is 56.3 Å². The first-order valence-electron chi connectivity index (χ1n) is 9.77. The lowest BCUT2D eigenvalue weighted by Crippen LogP contribution is -2.39. The van der Waals surface area contributed by atoms with Crippen LogP contribution in [0.4, 0.5) is 0 Å². The van der Waals surface area contributed by atoms with Crippen molar-refractivity contribution in [3.8, 4) is 0 Å². The van der Waals surface area contributed by atoms with Crippen LogP contribution in [0.3, 0.4) is 0 Å². The maximum absolute atomic E-state index is 13.2. The molecule has 150 valence electrons. The SMILES string of the molecule is Cc1cn2c3c(=O)n(C/C=C\c4ccccc4)c(=O)n(C)c3nc2n1CC(C)C. The fourth-order valence-electron chi connectivity index (χ4n) is 3.67. The summed E-state index contributed by atoms with van der Waals surface area (Å²) in [5.41, 5.74) is 2.21. The van der Waals surface area contributed by atoms with Crippen molar-refractivity contribution in [2.24, 2.45) is 13.0 Å². The zero-order valence-electron chi connectivity index (χ0n) is 17.2. The highest BCUT2D eigenvalue weighted by Gasteiger charge is 2.20. The average molecular weight is 391 g/mol. The van der Waals surface area contributed by atoms with Gasteiger partial charge in [-0.3, -0.25) is 18.3 Å². The van der Waals surface area contributed by atoms with Crippen LogP contribution in [0.25, 0.3) is 23.0 Å². The largest absolute Gasteiger partial charge is 0.332 e. The molecule has 0 spiro atoms. The highest BCUT2D eigenvalue weighted by molar-refractivity contribution is 5.75. The predicted octanol–water partition coefficient (Wildman–Crippen LogP) is 2.83.